The summed E-state index contributed by atoms with van der Waals surface area (Å²) in [6, 6.07) is 0. The molecule has 1 aliphatic rings. The topological polar surface area (TPSA) is 83.5 Å². The molecule has 1 aliphatic heterocycles. The zero-order chi connectivity index (χ0) is 20.2. The van der Waals surface area contributed by atoms with Gasteiger partial charge in [0.25, 0.3) is 0 Å². The maximum Gasteiger partial charge on any atom is 0.0476 e. The quantitative estimate of drug-likeness (QED) is 0.552. The molecule has 0 aromatic carbocycles. The lowest BCUT2D eigenvalue weighted by Gasteiger charge is -2.57. The highest BCUT2D eigenvalue weighted by molar-refractivity contribution is 5.72. The average molecular weight is 368 g/mol. The monoisotopic (exact) mass is 367 g/mol. The van der Waals surface area contributed by atoms with E-state index in [0.717, 1.165) is 38.5 Å². The molecule has 1 fully saturated rings. The molecule has 1 heterocycles. The molecule has 26 heavy (non-hydrogen) atoms. The minimum Gasteiger partial charge on any atom is -0.550 e. The second-order valence-corrected chi connectivity index (χ2v) is 9.63. The van der Waals surface area contributed by atoms with Crippen LogP contribution in [0, 0.1) is 11.3 Å². The van der Waals surface area contributed by atoms with E-state index in [2.05, 4.69) is 39.6 Å². The van der Waals surface area contributed by atoms with Gasteiger partial charge in [-0.2, -0.15) is 0 Å². The van der Waals surface area contributed by atoms with Gasteiger partial charge < -0.3 is 19.8 Å². The molecule has 1 atom stereocenters. The summed E-state index contributed by atoms with van der Waals surface area (Å²) in [7, 11) is 2.12. The predicted molar refractivity (Wildman–Crippen MR) is 99.1 cm³/mol. The molecule has 1 rings (SSSR count). The Labute approximate surface area is 159 Å². The Morgan fingerprint density at radius 1 is 0.962 bits per heavy atom. The van der Waals surface area contributed by atoms with E-state index in [4.69, 9.17) is 0 Å². The maximum atomic E-state index is 12.1. The SMILES string of the molecule is CN1C(C)(C)CC(C(C)(CCCCCCCC(=O)[O-])C(=O)[O-])CC1(C)C. The maximum absolute atomic E-state index is 12.1. The zero-order valence-corrected chi connectivity index (χ0v) is 17.5. The molecule has 0 amide bonds. The lowest BCUT2D eigenvalue weighted by atomic mass is 9.62. The highest BCUT2D eigenvalue weighted by Gasteiger charge is 2.49. The number of hydrogen-bond acceptors (Lipinski definition) is 5. The largest absolute Gasteiger partial charge is 0.550 e. The molecular formula is C21H37NO4-2. The standard InChI is InChI=1S/C21H39NO4/c1-19(2)14-16(15-20(3,4)22(19)6)21(5,18(25)26)13-11-9-7-8-10-12-17(23)24/h16H,7-15H2,1-6H3,(H,23,24)(H,25,26)/p-2. The first kappa shape index (κ1) is 22.9. The summed E-state index contributed by atoms with van der Waals surface area (Å²) >= 11 is 0. The Bertz CT molecular complexity index is 482. The number of aliphatic carboxylic acids is 2. The minimum absolute atomic E-state index is 0.0476. The minimum atomic E-state index is -0.998. The fraction of sp³-hybridized carbons (Fsp3) is 0.905. The molecule has 0 radical (unpaired) electrons. The van der Waals surface area contributed by atoms with Crippen molar-refractivity contribution in [3.05, 3.63) is 0 Å². The summed E-state index contributed by atoms with van der Waals surface area (Å²) in [5.74, 6) is -1.84. The van der Waals surface area contributed by atoms with Gasteiger partial charge >= 0.3 is 0 Å². The Morgan fingerprint density at radius 2 is 1.42 bits per heavy atom. The Morgan fingerprint density at radius 3 is 1.88 bits per heavy atom. The van der Waals surface area contributed by atoms with Crippen LogP contribution in [-0.2, 0) is 9.59 Å². The van der Waals surface area contributed by atoms with Gasteiger partial charge in [-0.05, 0) is 72.8 Å². The molecule has 1 unspecified atom stereocenters. The summed E-state index contributed by atoms with van der Waals surface area (Å²) in [5, 5.41) is 22.5. The number of carboxylic acid groups (broad SMARTS) is 2. The van der Waals surface area contributed by atoms with E-state index in [-0.39, 0.29) is 23.4 Å². The van der Waals surface area contributed by atoms with Crippen LogP contribution in [0.1, 0.15) is 92.4 Å². The number of piperidine rings is 1. The van der Waals surface area contributed by atoms with Gasteiger partial charge in [-0.3, -0.25) is 4.90 Å². The molecule has 0 N–H and O–H groups in total. The molecule has 5 heteroatoms. The summed E-state index contributed by atoms with van der Waals surface area (Å²) in [6.45, 7) is 10.6. The first-order valence-electron chi connectivity index (χ1n) is 9.98. The number of likely N-dealkylation sites (tertiary alicyclic amines) is 1. The Kier molecular flexibility index (Phi) is 7.70. The van der Waals surface area contributed by atoms with E-state index >= 15 is 0 Å². The molecule has 0 aromatic heterocycles. The highest BCUT2D eigenvalue weighted by atomic mass is 16.4. The number of nitrogens with zero attached hydrogens (tertiary/aromatic N) is 1. The van der Waals surface area contributed by atoms with Gasteiger partial charge in [0.15, 0.2) is 0 Å². The Hall–Kier alpha value is -1.10. The summed E-state index contributed by atoms with van der Waals surface area (Å²) in [4.78, 5) is 24.8. The van der Waals surface area contributed by atoms with E-state index in [1.807, 2.05) is 6.92 Å². The van der Waals surface area contributed by atoms with Gasteiger partial charge in [-0.15, -0.1) is 0 Å². The molecule has 5 nitrogen and oxygen atoms in total. The second kappa shape index (κ2) is 8.73. The predicted octanol–water partition coefficient (Wildman–Crippen LogP) is 2.12. The van der Waals surface area contributed by atoms with Crippen LogP contribution in [0.15, 0.2) is 0 Å². The lowest BCUT2D eigenvalue weighted by Crippen LogP contribution is -2.62. The number of carbonyl (C=O) groups excluding carboxylic acids is 2. The van der Waals surface area contributed by atoms with Crippen LogP contribution in [-0.4, -0.2) is 35.0 Å². The van der Waals surface area contributed by atoms with Crippen molar-refractivity contribution in [3.63, 3.8) is 0 Å². The molecular weight excluding hydrogens is 330 g/mol. The van der Waals surface area contributed by atoms with Gasteiger partial charge in [0.1, 0.15) is 0 Å². The van der Waals surface area contributed by atoms with Gasteiger partial charge in [-0.25, -0.2) is 0 Å². The molecule has 0 saturated carbocycles. The molecule has 1 saturated heterocycles. The van der Waals surface area contributed by atoms with E-state index in [9.17, 15) is 19.8 Å². The third-order valence-electron chi connectivity index (χ3n) is 6.75. The van der Waals surface area contributed by atoms with E-state index in [1.54, 1.807) is 0 Å². The fourth-order valence-electron chi connectivity index (χ4n) is 4.59. The summed E-state index contributed by atoms with van der Waals surface area (Å²) in [5.41, 5.74) is -0.914. The average Bonchev–Trinajstić information content (AvgIpc) is 2.50. The van der Waals surface area contributed by atoms with Crippen LogP contribution in [0.25, 0.3) is 0 Å². The van der Waals surface area contributed by atoms with Gasteiger partial charge in [-0.1, -0.05) is 32.6 Å². The van der Waals surface area contributed by atoms with Crippen LogP contribution < -0.4 is 10.2 Å². The molecule has 0 bridgehead atoms. The van der Waals surface area contributed by atoms with Crippen molar-refractivity contribution in [3.8, 4) is 0 Å². The third-order valence-corrected chi connectivity index (χ3v) is 6.75. The van der Waals surface area contributed by atoms with Crippen LogP contribution >= 0.6 is 0 Å². The van der Waals surface area contributed by atoms with Crippen molar-refractivity contribution in [2.45, 2.75) is 103 Å². The summed E-state index contributed by atoms with van der Waals surface area (Å²) in [6.07, 6.45) is 6.61. The number of rotatable bonds is 10. The van der Waals surface area contributed by atoms with Crippen molar-refractivity contribution >= 4 is 11.9 Å². The first-order chi connectivity index (χ1) is 11.8. The first-order valence-corrected chi connectivity index (χ1v) is 9.98. The van der Waals surface area contributed by atoms with Gasteiger partial charge in [0.2, 0.25) is 0 Å². The van der Waals surface area contributed by atoms with Crippen molar-refractivity contribution in [1.82, 2.24) is 4.90 Å². The second-order valence-electron chi connectivity index (χ2n) is 9.63. The number of hydrogen-bond donors (Lipinski definition) is 0. The van der Waals surface area contributed by atoms with E-state index in [0.29, 0.717) is 12.8 Å². The normalized spacial score (nSPS) is 22.7. The number of carboxylic acids is 2. The molecule has 0 spiro atoms. The van der Waals surface area contributed by atoms with Crippen molar-refractivity contribution in [2.75, 3.05) is 7.05 Å². The van der Waals surface area contributed by atoms with E-state index in [1.165, 1.54) is 0 Å². The summed E-state index contributed by atoms with van der Waals surface area (Å²) < 4.78 is 0. The number of carbonyl (C=O) groups is 2. The van der Waals surface area contributed by atoms with Crippen molar-refractivity contribution in [2.24, 2.45) is 11.3 Å². The van der Waals surface area contributed by atoms with Crippen LogP contribution in [0.5, 0.6) is 0 Å². The third kappa shape index (κ3) is 5.70. The van der Waals surface area contributed by atoms with Crippen molar-refractivity contribution in [1.29, 1.82) is 0 Å². The van der Waals surface area contributed by atoms with Gasteiger partial charge in [0, 0.05) is 28.4 Å². The fourth-order valence-corrected chi connectivity index (χ4v) is 4.59. The zero-order valence-electron chi connectivity index (χ0n) is 17.5. The molecule has 0 aliphatic carbocycles. The number of unbranched alkanes of at least 4 members (excludes halogenated alkanes) is 4. The van der Waals surface area contributed by atoms with Crippen LogP contribution in [0.3, 0.4) is 0 Å². The van der Waals surface area contributed by atoms with Gasteiger partial charge in [0.05, 0.1) is 0 Å². The van der Waals surface area contributed by atoms with Crippen LogP contribution in [0.2, 0.25) is 0 Å². The van der Waals surface area contributed by atoms with E-state index < -0.39 is 17.4 Å². The molecule has 152 valence electrons. The molecule has 0 aromatic rings. The highest BCUT2D eigenvalue weighted by Crippen LogP contribution is 2.49. The smallest absolute Gasteiger partial charge is 0.0476 e. The lowest BCUT2D eigenvalue weighted by molar-refractivity contribution is -0.323. The van der Waals surface area contributed by atoms with Crippen LogP contribution in [0.4, 0.5) is 0 Å². The van der Waals surface area contributed by atoms with Crippen molar-refractivity contribution < 1.29 is 19.8 Å². The Balaban J connectivity index is 2.66.